The number of nitrogens with one attached hydrogen (secondary N) is 1. The first-order valence-corrected chi connectivity index (χ1v) is 7.12. The molecule has 0 atom stereocenters. The van der Waals surface area contributed by atoms with Crippen molar-refractivity contribution in [1.29, 1.82) is 0 Å². The van der Waals surface area contributed by atoms with Gasteiger partial charge in [-0.05, 0) is 24.6 Å². The van der Waals surface area contributed by atoms with Crippen LogP contribution in [-0.4, -0.2) is 25.5 Å². The Labute approximate surface area is 133 Å². The van der Waals surface area contributed by atoms with Crippen LogP contribution in [0.2, 0.25) is 0 Å². The van der Waals surface area contributed by atoms with Gasteiger partial charge >= 0.3 is 0 Å². The van der Waals surface area contributed by atoms with E-state index < -0.39 is 0 Å². The minimum absolute atomic E-state index is 0.134. The normalized spacial score (nSPS) is 12.4. The molecule has 0 fully saturated rings. The Morgan fingerprint density at radius 2 is 2.00 bits per heavy atom. The molecule has 1 N–H and O–H groups in total. The van der Waals surface area contributed by atoms with E-state index >= 15 is 0 Å². The summed E-state index contributed by atoms with van der Waals surface area (Å²) >= 11 is 0. The maximum Gasteiger partial charge on any atom is 0.277 e. The summed E-state index contributed by atoms with van der Waals surface area (Å²) in [6.45, 7) is 2.08. The monoisotopic (exact) mass is 312 g/mol. The quantitative estimate of drug-likeness (QED) is 0.679. The first kappa shape index (κ1) is 14.9. The summed E-state index contributed by atoms with van der Waals surface area (Å²) in [5.74, 6) is 1.47. The fraction of sp³-hybridized carbons (Fsp3) is 0.176. The van der Waals surface area contributed by atoms with Crippen molar-refractivity contribution in [2.24, 2.45) is 5.10 Å². The van der Waals surface area contributed by atoms with Gasteiger partial charge in [0.05, 0.1) is 6.21 Å². The number of carbonyl (C=O) groups is 1. The Kier molecular flexibility index (Phi) is 4.42. The number of amides is 1. The van der Waals surface area contributed by atoms with Crippen LogP contribution in [0.25, 0.3) is 0 Å². The van der Waals surface area contributed by atoms with E-state index in [9.17, 15) is 4.79 Å². The lowest BCUT2D eigenvalue weighted by atomic mass is 10.2. The number of hydrogen-bond donors (Lipinski definition) is 1. The Morgan fingerprint density at radius 3 is 2.83 bits per heavy atom. The third kappa shape index (κ3) is 4.00. The molecule has 0 radical (unpaired) electrons. The zero-order valence-electron chi connectivity index (χ0n) is 12.6. The van der Waals surface area contributed by atoms with Crippen LogP contribution in [0.4, 0.5) is 0 Å². The molecule has 2 aromatic carbocycles. The van der Waals surface area contributed by atoms with Gasteiger partial charge < -0.3 is 14.2 Å². The fourth-order valence-electron chi connectivity index (χ4n) is 1.98. The predicted octanol–water partition coefficient (Wildman–Crippen LogP) is 2.25. The van der Waals surface area contributed by atoms with E-state index in [2.05, 4.69) is 10.5 Å². The molecule has 1 amide bonds. The molecule has 1 aliphatic heterocycles. The summed E-state index contributed by atoms with van der Waals surface area (Å²) in [5, 5.41) is 3.89. The van der Waals surface area contributed by atoms with Gasteiger partial charge in [-0.15, -0.1) is 0 Å². The van der Waals surface area contributed by atoms with E-state index in [4.69, 9.17) is 14.2 Å². The van der Waals surface area contributed by atoms with Crippen molar-refractivity contribution in [3.63, 3.8) is 0 Å². The van der Waals surface area contributed by atoms with E-state index in [1.54, 1.807) is 24.4 Å². The van der Waals surface area contributed by atoms with Crippen LogP contribution in [-0.2, 0) is 4.79 Å². The Balaban J connectivity index is 1.47. The lowest BCUT2D eigenvalue weighted by Gasteiger charge is -2.05. The number of benzene rings is 2. The highest BCUT2D eigenvalue weighted by Crippen LogP contribution is 2.34. The molecule has 23 heavy (non-hydrogen) atoms. The zero-order valence-corrected chi connectivity index (χ0v) is 12.6. The van der Waals surface area contributed by atoms with E-state index in [0.717, 1.165) is 5.56 Å². The Hall–Kier alpha value is -3.02. The first-order chi connectivity index (χ1) is 11.2. The van der Waals surface area contributed by atoms with Gasteiger partial charge in [-0.2, -0.15) is 5.10 Å². The lowest BCUT2D eigenvalue weighted by molar-refractivity contribution is -0.123. The molecule has 0 bridgehead atoms. The molecule has 2 aromatic rings. The Bertz CT molecular complexity index is 726. The number of aryl methyl sites for hydroxylation is 1. The molecule has 3 rings (SSSR count). The smallest absolute Gasteiger partial charge is 0.277 e. The SMILES string of the molecule is Cc1ccc(/C=N/NC(=O)COc2ccc3c(c2)OCO3)cc1. The van der Waals surface area contributed by atoms with E-state index in [-0.39, 0.29) is 19.3 Å². The molecule has 6 heteroatoms. The van der Waals surface area contributed by atoms with Crippen LogP contribution in [0.3, 0.4) is 0 Å². The largest absolute Gasteiger partial charge is 0.484 e. The highest BCUT2D eigenvalue weighted by Gasteiger charge is 2.14. The third-order valence-corrected chi connectivity index (χ3v) is 3.19. The topological polar surface area (TPSA) is 69.2 Å². The molecule has 0 saturated carbocycles. The van der Waals surface area contributed by atoms with Crippen molar-refractivity contribution < 1.29 is 19.0 Å². The number of ether oxygens (including phenoxy) is 3. The second-order valence-electron chi connectivity index (χ2n) is 5.01. The molecule has 1 heterocycles. The molecular formula is C17H16N2O4. The van der Waals surface area contributed by atoms with Crippen molar-refractivity contribution in [1.82, 2.24) is 5.43 Å². The number of carbonyl (C=O) groups excluding carboxylic acids is 1. The molecule has 0 unspecified atom stereocenters. The minimum atomic E-state index is -0.342. The van der Waals surface area contributed by atoms with Crippen LogP contribution >= 0.6 is 0 Å². The van der Waals surface area contributed by atoms with Gasteiger partial charge in [0.25, 0.3) is 5.91 Å². The van der Waals surface area contributed by atoms with Crippen molar-refractivity contribution >= 4 is 12.1 Å². The number of rotatable bonds is 5. The summed E-state index contributed by atoms with van der Waals surface area (Å²) in [6, 6.07) is 13.0. The summed E-state index contributed by atoms with van der Waals surface area (Å²) in [6.07, 6.45) is 1.58. The van der Waals surface area contributed by atoms with Crippen LogP contribution in [0.1, 0.15) is 11.1 Å². The standard InChI is InChI=1S/C17H16N2O4/c1-12-2-4-13(5-3-12)9-18-19-17(20)10-21-14-6-7-15-16(8-14)23-11-22-15/h2-9H,10-11H2,1H3,(H,19,20)/b18-9+. The van der Waals surface area contributed by atoms with Gasteiger partial charge in [0.15, 0.2) is 18.1 Å². The molecule has 0 saturated heterocycles. The van der Waals surface area contributed by atoms with Gasteiger partial charge in [0.2, 0.25) is 6.79 Å². The summed E-state index contributed by atoms with van der Waals surface area (Å²) in [5.41, 5.74) is 4.50. The Morgan fingerprint density at radius 1 is 1.22 bits per heavy atom. The molecule has 0 aromatic heterocycles. The van der Waals surface area contributed by atoms with Crippen molar-refractivity contribution in [3.05, 3.63) is 53.6 Å². The number of fused-ring (bicyclic) bond motifs is 1. The van der Waals surface area contributed by atoms with E-state index in [0.29, 0.717) is 17.2 Å². The lowest BCUT2D eigenvalue weighted by Crippen LogP contribution is -2.24. The average Bonchev–Trinajstić information content (AvgIpc) is 3.02. The van der Waals surface area contributed by atoms with Crippen LogP contribution in [0.15, 0.2) is 47.6 Å². The summed E-state index contributed by atoms with van der Waals surface area (Å²) in [4.78, 5) is 11.7. The summed E-state index contributed by atoms with van der Waals surface area (Å²) in [7, 11) is 0. The van der Waals surface area contributed by atoms with Gasteiger partial charge in [0, 0.05) is 6.07 Å². The van der Waals surface area contributed by atoms with Gasteiger partial charge in [-0.25, -0.2) is 5.43 Å². The second-order valence-corrected chi connectivity index (χ2v) is 5.01. The number of nitrogens with zero attached hydrogens (tertiary/aromatic N) is 1. The molecule has 1 aliphatic rings. The van der Waals surface area contributed by atoms with Crippen molar-refractivity contribution in [2.75, 3.05) is 13.4 Å². The fourth-order valence-corrected chi connectivity index (χ4v) is 1.98. The van der Waals surface area contributed by atoms with Gasteiger partial charge in [-0.3, -0.25) is 4.79 Å². The first-order valence-electron chi connectivity index (χ1n) is 7.12. The molecular weight excluding hydrogens is 296 g/mol. The summed E-state index contributed by atoms with van der Waals surface area (Å²) < 4.78 is 15.8. The van der Waals surface area contributed by atoms with Gasteiger partial charge in [0.1, 0.15) is 5.75 Å². The maximum absolute atomic E-state index is 11.7. The maximum atomic E-state index is 11.7. The molecule has 118 valence electrons. The highest BCUT2D eigenvalue weighted by atomic mass is 16.7. The van der Waals surface area contributed by atoms with Crippen molar-refractivity contribution in [2.45, 2.75) is 6.92 Å². The van der Waals surface area contributed by atoms with E-state index in [1.807, 2.05) is 31.2 Å². The number of hydrogen-bond acceptors (Lipinski definition) is 5. The van der Waals surface area contributed by atoms with Crippen LogP contribution in [0, 0.1) is 6.92 Å². The third-order valence-electron chi connectivity index (χ3n) is 3.19. The zero-order chi connectivity index (χ0) is 16.1. The average molecular weight is 312 g/mol. The van der Waals surface area contributed by atoms with E-state index in [1.165, 1.54) is 5.56 Å². The molecule has 6 nitrogen and oxygen atoms in total. The second kappa shape index (κ2) is 6.83. The van der Waals surface area contributed by atoms with Crippen LogP contribution in [0.5, 0.6) is 17.2 Å². The highest BCUT2D eigenvalue weighted by molar-refractivity contribution is 5.82. The molecule has 0 spiro atoms. The van der Waals surface area contributed by atoms with Crippen molar-refractivity contribution in [3.8, 4) is 17.2 Å². The molecule has 0 aliphatic carbocycles. The minimum Gasteiger partial charge on any atom is -0.484 e. The predicted molar refractivity (Wildman–Crippen MR) is 85.0 cm³/mol. The van der Waals surface area contributed by atoms with Gasteiger partial charge in [-0.1, -0.05) is 29.8 Å². The number of hydrazone groups is 1. The van der Waals surface area contributed by atoms with Crippen LogP contribution < -0.4 is 19.6 Å².